The second kappa shape index (κ2) is 7.49. The number of fused-ring (bicyclic) bond motifs is 1. The molecular formula is C19H19F3N2O4. The molecule has 9 heteroatoms. The van der Waals surface area contributed by atoms with Crippen LogP contribution in [0.15, 0.2) is 36.4 Å². The molecule has 0 fully saturated rings. The van der Waals surface area contributed by atoms with Crippen LogP contribution in [0.1, 0.15) is 22.1 Å². The average Bonchev–Trinajstić information content (AvgIpc) is 2.68. The lowest BCUT2D eigenvalue weighted by molar-refractivity contribution is -0.144. The SMILES string of the molecule is COc1cc(OC)c([C@H]2Nc3ccccc3C(=O)N2CC(F)(F)F)cc1OC. The predicted octanol–water partition coefficient (Wildman–Crippen LogP) is 3.84. The van der Waals surface area contributed by atoms with Crippen molar-refractivity contribution in [3.63, 3.8) is 0 Å². The van der Waals surface area contributed by atoms with Gasteiger partial charge in [-0.25, -0.2) is 0 Å². The average molecular weight is 396 g/mol. The van der Waals surface area contributed by atoms with Crippen LogP contribution in [0.2, 0.25) is 0 Å². The fraction of sp³-hybridized carbons (Fsp3) is 0.316. The highest BCUT2D eigenvalue weighted by Gasteiger charge is 2.41. The Labute approximate surface area is 159 Å². The van der Waals surface area contributed by atoms with Gasteiger partial charge in [0.1, 0.15) is 18.5 Å². The lowest BCUT2D eigenvalue weighted by atomic mass is 10.0. The van der Waals surface area contributed by atoms with Gasteiger partial charge in [0, 0.05) is 17.3 Å². The Morgan fingerprint density at radius 3 is 2.21 bits per heavy atom. The molecule has 6 nitrogen and oxygen atoms in total. The molecule has 0 spiro atoms. The second-order valence-corrected chi connectivity index (χ2v) is 6.09. The number of methoxy groups -OCH3 is 3. The highest BCUT2D eigenvalue weighted by Crippen LogP contribution is 2.42. The highest BCUT2D eigenvalue weighted by molar-refractivity contribution is 6.01. The van der Waals surface area contributed by atoms with Crippen LogP contribution in [-0.2, 0) is 0 Å². The smallest absolute Gasteiger partial charge is 0.406 e. The molecule has 0 unspecified atom stereocenters. The summed E-state index contributed by atoms with van der Waals surface area (Å²) in [4.78, 5) is 13.6. The molecule has 0 aliphatic carbocycles. The van der Waals surface area contributed by atoms with Gasteiger partial charge in [0.25, 0.3) is 5.91 Å². The van der Waals surface area contributed by atoms with Gasteiger partial charge < -0.3 is 24.4 Å². The minimum absolute atomic E-state index is 0.169. The van der Waals surface area contributed by atoms with Crippen molar-refractivity contribution in [2.24, 2.45) is 0 Å². The minimum atomic E-state index is -4.58. The molecule has 1 N–H and O–H groups in total. The monoisotopic (exact) mass is 396 g/mol. The van der Waals surface area contributed by atoms with E-state index in [0.29, 0.717) is 22.7 Å². The van der Waals surface area contributed by atoms with Crippen molar-refractivity contribution >= 4 is 11.6 Å². The number of hydrogen-bond donors (Lipinski definition) is 1. The summed E-state index contributed by atoms with van der Waals surface area (Å²) in [6.07, 6.45) is -5.69. The van der Waals surface area contributed by atoms with Crippen LogP contribution >= 0.6 is 0 Å². The van der Waals surface area contributed by atoms with E-state index in [1.165, 1.54) is 39.5 Å². The molecule has 2 aromatic carbocycles. The fourth-order valence-corrected chi connectivity index (χ4v) is 3.16. The van der Waals surface area contributed by atoms with E-state index in [9.17, 15) is 18.0 Å². The molecule has 28 heavy (non-hydrogen) atoms. The number of nitrogens with one attached hydrogen (secondary N) is 1. The van der Waals surface area contributed by atoms with Crippen molar-refractivity contribution in [1.82, 2.24) is 4.90 Å². The lowest BCUT2D eigenvalue weighted by Crippen LogP contribution is -2.47. The number of ether oxygens (including phenoxy) is 3. The zero-order valence-corrected chi connectivity index (χ0v) is 15.5. The van der Waals surface area contributed by atoms with Gasteiger partial charge in [0.2, 0.25) is 0 Å². The largest absolute Gasteiger partial charge is 0.496 e. The number of halogens is 3. The standard InChI is InChI=1S/C19H19F3N2O4/c1-26-14-9-16(28-3)15(27-2)8-12(14)17-23-13-7-5-4-6-11(13)18(25)24(17)10-19(20,21)22/h4-9,17,23H,10H2,1-3H3/t17-/m0/s1. The summed E-state index contributed by atoms with van der Waals surface area (Å²) in [7, 11) is 4.24. The van der Waals surface area contributed by atoms with Gasteiger partial charge in [-0.3, -0.25) is 4.79 Å². The van der Waals surface area contributed by atoms with Crippen molar-refractivity contribution in [1.29, 1.82) is 0 Å². The second-order valence-electron chi connectivity index (χ2n) is 6.09. The van der Waals surface area contributed by atoms with Crippen LogP contribution < -0.4 is 19.5 Å². The van der Waals surface area contributed by atoms with E-state index in [-0.39, 0.29) is 11.3 Å². The number of carbonyl (C=O) groups is 1. The summed E-state index contributed by atoms with van der Waals surface area (Å²) in [5.41, 5.74) is 0.919. The van der Waals surface area contributed by atoms with Crippen molar-refractivity contribution in [2.75, 3.05) is 33.2 Å². The van der Waals surface area contributed by atoms with Crippen LogP contribution in [-0.4, -0.2) is 44.9 Å². The summed E-state index contributed by atoms with van der Waals surface area (Å²) >= 11 is 0. The van der Waals surface area contributed by atoms with E-state index >= 15 is 0 Å². The van der Waals surface area contributed by atoms with E-state index in [0.717, 1.165) is 4.90 Å². The maximum absolute atomic E-state index is 13.2. The van der Waals surface area contributed by atoms with Crippen molar-refractivity contribution < 1.29 is 32.2 Å². The zero-order chi connectivity index (χ0) is 20.5. The zero-order valence-electron chi connectivity index (χ0n) is 15.5. The van der Waals surface area contributed by atoms with Crippen LogP contribution in [0.4, 0.5) is 18.9 Å². The number of carbonyl (C=O) groups excluding carboxylic acids is 1. The summed E-state index contributed by atoms with van der Waals surface area (Å²) in [5.74, 6) is 0.189. The van der Waals surface area contributed by atoms with Gasteiger partial charge in [0.05, 0.1) is 26.9 Å². The number of alkyl halides is 3. The Balaban J connectivity index is 2.16. The maximum Gasteiger partial charge on any atom is 0.406 e. The number of rotatable bonds is 5. The molecule has 0 aromatic heterocycles. The van der Waals surface area contributed by atoms with Crippen LogP contribution in [0.25, 0.3) is 0 Å². The van der Waals surface area contributed by atoms with Crippen LogP contribution in [0.3, 0.4) is 0 Å². The normalized spacial score (nSPS) is 16.3. The Bertz CT molecular complexity index is 886. The third-order valence-electron chi connectivity index (χ3n) is 4.40. The molecule has 1 heterocycles. The summed E-state index contributed by atoms with van der Waals surface area (Å²) in [5, 5.41) is 3.01. The fourth-order valence-electron chi connectivity index (χ4n) is 3.16. The van der Waals surface area contributed by atoms with Gasteiger partial charge in [-0.15, -0.1) is 0 Å². The van der Waals surface area contributed by atoms with Crippen molar-refractivity contribution in [3.8, 4) is 17.2 Å². The Hall–Kier alpha value is -3.10. The molecule has 1 aliphatic rings. The van der Waals surface area contributed by atoms with E-state index in [1.54, 1.807) is 18.2 Å². The topological polar surface area (TPSA) is 60.0 Å². The first-order valence-electron chi connectivity index (χ1n) is 8.32. The minimum Gasteiger partial charge on any atom is -0.496 e. The third kappa shape index (κ3) is 3.64. The molecule has 150 valence electrons. The van der Waals surface area contributed by atoms with Gasteiger partial charge in [-0.1, -0.05) is 12.1 Å². The molecule has 1 amide bonds. The number of amides is 1. The Morgan fingerprint density at radius 2 is 1.61 bits per heavy atom. The van der Waals surface area contributed by atoms with Crippen LogP contribution in [0.5, 0.6) is 17.2 Å². The maximum atomic E-state index is 13.2. The highest BCUT2D eigenvalue weighted by atomic mass is 19.4. The van der Waals surface area contributed by atoms with Gasteiger partial charge in [-0.05, 0) is 18.2 Å². The van der Waals surface area contributed by atoms with Crippen molar-refractivity contribution in [2.45, 2.75) is 12.3 Å². The predicted molar refractivity (Wildman–Crippen MR) is 96.0 cm³/mol. The first-order valence-corrected chi connectivity index (χ1v) is 8.32. The van der Waals surface area contributed by atoms with Gasteiger partial charge in [-0.2, -0.15) is 13.2 Å². The van der Waals surface area contributed by atoms with E-state index in [4.69, 9.17) is 14.2 Å². The van der Waals surface area contributed by atoms with Gasteiger partial charge in [0.15, 0.2) is 11.5 Å². The molecule has 0 saturated heterocycles. The number of para-hydroxylation sites is 1. The van der Waals surface area contributed by atoms with E-state index in [2.05, 4.69) is 5.32 Å². The molecule has 3 rings (SSSR count). The third-order valence-corrected chi connectivity index (χ3v) is 4.40. The Morgan fingerprint density at radius 1 is 1.00 bits per heavy atom. The molecule has 0 bridgehead atoms. The van der Waals surface area contributed by atoms with Crippen molar-refractivity contribution in [3.05, 3.63) is 47.5 Å². The summed E-state index contributed by atoms with van der Waals surface area (Å²) in [6.45, 7) is -1.42. The molecule has 1 atom stereocenters. The molecule has 1 aliphatic heterocycles. The van der Waals surface area contributed by atoms with Crippen LogP contribution in [0, 0.1) is 0 Å². The number of benzene rings is 2. The lowest BCUT2D eigenvalue weighted by Gasteiger charge is -2.39. The first-order chi connectivity index (χ1) is 13.3. The number of hydrogen-bond acceptors (Lipinski definition) is 5. The van der Waals surface area contributed by atoms with Gasteiger partial charge >= 0.3 is 6.18 Å². The Kier molecular flexibility index (Phi) is 5.26. The molecule has 2 aromatic rings. The van der Waals surface area contributed by atoms with E-state index in [1.807, 2.05) is 0 Å². The number of anilines is 1. The molecular weight excluding hydrogens is 377 g/mol. The summed E-state index contributed by atoms with van der Waals surface area (Å²) < 4.78 is 55.5. The number of nitrogens with zero attached hydrogens (tertiary/aromatic N) is 1. The quantitative estimate of drug-likeness (QED) is 0.832. The van der Waals surface area contributed by atoms with E-state index < -0.39 is 24.8 Å². The summed E-state index contributed by atoms with van der Waals surface area (Å²) in [6, 6.07) is 9.42. The molecule has 0 saturated carbocycles. The molecule has 0 radical (unpaired) electrons. The first kappa shape index (κ1) is 19.7.